The minimum Gasteiger partial charge on any atom is -0.308 e. The van der Waals surface area contributed by atoms with Gasteiger partial charge in [-0.05, 0) is 49.2 Å². The van der Waals surface area contributed by atoms with Gasteiger partial charge in [-0.15, -0.1) is 0 Å². The molecule has 2 rings (SSSR count). The summed E-state index contributed by atoms with van der Waals surface area (Å²) in [5.41, 5.74) is 1.74. The monoisotopic (exact) mass is 326 g/mol. The highest BCUT2D eigenvalue weighted by Gasteiger charge is 2.16. The highest BCUT2D eigenvalue weighted by molar-refractivity contribution is 6.31. The van der Waals surface area contributed by atoms with Gasteiger partial charge in [0.15, 0.2) is 0 Å². The Morgan fingerprint density at radius 3 is 2.71 bits per heavy atom. The van der Waals surface area contributed by atoms with Crippen molar-refractivity contribution in [3.8, 4) is 0 Å². The molecule has 0 spiro atoms. The van der Waals surface area contributed by atoms with Crippen molar-refractivity contribution < 1.29 is 4.39 Å². The van der Waals surface area contributed by atoms with E-state index in [2.05, 4.69) is 17.2 Å². The van der Waals surface area contributed by atoms with E-state index in [4.69, 9.17) is 23.2 Å². The van der Waals surface area contributed by atoms with Crippen molar-refractivity contribution >= 4 is 23.2 Å². The van der Waals surface area contributed by atoms with Gasteiger partial charge < -0.3 is 5.32 Å². The molecule has 0 saturated heterocycles. The lowest BCUT2D eigenvalue weighted by Crippen LogP contribution is -2.25. The van der Waals surface area contributed by atoms with Crippen LogP contribution in [0.1, 0.15) is 30.6 Å². The Kier molecular flexibility index (Phi) is 5.97. The third-order valence-electron chi connectivity index (χ3n) is 3.18. The topological polar surface area (TPSA) is 24.9 Å². The zero-order chi connectivity index (χ0) is 15.2. The number of benzene rings is 1. The maximum absolute atomic E-state index is 13.2. The standard InChI is InChI=1S/C16H17Cl2FN2/c1-2-7-20-15(16-12(17)4-3-8-21-16)10-11-5-6-14(19)13(18)9-11/h3-6,8-9,15,20H,2,7,10H2,1H3. The molecule has 5 heteroatoms. The number of nitrogens with zero attached hydrogens (tertiary/aromatic N) is 1. The fraction of sp³-hybridized carbons (Fsp3) is 0.312. The van der Waals surface area contributed by atoms with E-state index >= 15 is 0 Å². The summed E-state index contributed by atoms with van der Waals surface area (Å²) in [4.78, 5) is 4.37. The third kappa shape index (κ3) is 4.40. The molecule has 1 N–H and O–H groups in total. The van der Waals surface area contributed by atoms with Crippen molar-refractivity contribution in [2.45, 2.75) is 25.8 Å². The predicted molar refractivity (Wildman–Crippen MR) is 85.4 cm³/mol. The molecule has 112 valence electrons. The Labute approximate surface area is 134 Å². The fourth-order valence-corrected chi connectivity index (χ4v) is 2.60. The van der Waals surface area contributed by atoms with Crippen LogP contribution in [-0.4, -0.2) is 11.5 Å². The summed E-state index contributed by atoms with van der Waals surface area (Å²) >= 11 is 12.1. The first-order chi connectivity index (χ1) is 10.1. The molecule has 2 nitrogen and oxygen atoms in total. The van der Waals surface area contributed by atoms with Crippen LogP contribution in [0.4, 0.5) is 4.39 Å². The molecule has 0 bridgehead atoms. The van der Waals surface area contributed by atoms with Crippen molar-refractivity contribution in [2.75, 3.05) is 6.54 Å². The summed E-state index contributed by atoms with van der Waals surface area (Å²) in [7, 11) is 0. The molecule has 0 aliphatic rings. The van der Waals surface area contributed by atoms with Crippen LogP contribution >= 0.6 is 23.2 Å². The van der Waals surface area contributed by atoms with E-state index < -0.39 is 5.82 Å². The first-order valence-corrected chi connectivity index (χ1v) is 7.65. The highest BCUT2D eigenvalue weighted by atomic mass is 35.5. The summed E-state index contributed by atoms with van der Waals surface area (Å²) < 4.78 is 13.2. The molecule has 0 fully saturated rings. The van der Waals surface area contributed by atoms with Crippen molar-refractivity contribution in [1.82, 2.24) is 10.3 Å². The van der Waals surface area contributed by atoms with Gasteiger partial charge in [0.1, 0.15) is 5.82 Å². The molecule has 2 aromatic rings. The smallest absolute Gasteiger partial charge is 0.141 e. The number of rotatable bonds is 6. The average Bonchev–Trinajstić information content (AvgIpc) is 2.48. The lowest BCUT2D eigenvalue weighted by Gasteiger charge is -2.19. The summed E-state index contributed by atoms with van der Waals surface area (Å²) in [6, 6.07) is 8.36. The maximum Gasteiger partial charge on any atom is 0.141 e. The molecule has 1 atom stereocenters. The minimum absolute atomic E-state index is 0.0276. The minimum atomic E-state index is -0.408. The number of hydrogen-bond donors (Lipinski definition) is 1. The number of hydrogen-bond acceptors (Lipinski definition) is 2. The van der Waals surface area contributed by atoms with Gasteiger partial charge in [-0.25, -0.2) is 4.39 Å². The quantitative estimate of drug-likeness (QED) is 0.823. The molecular weight excluding hydrogens is 310 g/mol. The number of nitrogens with one attached hydrogen (secondary N) is 1. The highest BCUT2D eigenvalue weighted by Crippen LogP contribution is 2.25. The largest absolute Gasteiger partial charge is 0.308 e. The lowest BCUT2D eigenvalue weighted by atomic mass is 10.0. The Hall–Kier alpha value is -1.16. The van der Waals surface area contributed by atoms with Crippen molar-refractivity contribution in [2.24, 2.45) is 0 Å². The van der Waals surface area contributed by atoms with E-state index in [9.17, 15) is 4.39 Å². The van der Waals surface area contributed by atoms with Crippen molar-refractivity contribution in [1.29, 1.82) is 0 Å². The first-order valence-electron chi connectivity index (χ1n) is 6.89. The molecular formula is C16H17Cl2FN2. The van der Waals surface area contributed by atoms with Gasteiger partial charge in [0.2, 0.25) is 0 Å². The molecule has 0 aliphatic heterocycles. The molecule has 0 radical (unpaired) electrons. The number of halogens is 3. The van der Waals surface area contributed by atoms with E-state index in [1.54, 1.807) is 24.4 Å². The van der Waals surface area contributed by atoms with Crippen LogP contribution in [0.3, 0.4) is 0 Å². The number of pyridine rings is 1. The van der Waals surface area contributed by atoms with Crippen LogP contribution in [0, 0.1) is 5.82 Å². The zero-order valence-corrected chi connectivity index (χ0v) is 13.3. The van der Waals surface area contributed by atoms with Gasteiger partial charge in [-0.2, -0.15) is 0 Å². The van der Waals surface area contributed by atoms with E-state index in [0.29, 0.717) is 11.4 Å². The Morgan fingerprint density at radius 1 is 1.24 bits per heavy atom. The van der Waals surface area contributed by atoms with Gasteiger partial charge >= 0.3 is 0 Å². The van der Waals surface area contributed by atoms with Crippen LogP contribution in [0.25, 0.3) is 0 Å². The fourth-order valence-electron chi connectivity index (χ4n) is 2.14. The van der Waals surface area contributed by atoms with Crippen LogP contribution in [0.2, 0.25) is 10.0 Å². The van der Waals surface area contributed by atoms with Crippen molar-refractivity contribution in [3.63, 3.8) is 0 Å². The van der Waals surface area contributed by atoms with E-state index in [-0.39, 0.29) is 11.1 Å². The van der Waals surface area contributed by atoms with Crippen LogP contribution in [0.5, 0.6) is 0 Å². The second-order valence-corrected chi connectivity index (χ2v) is 5.64. The summed E-state index contributed by atoms with van der Waals surface area (Å²) in [6.07, 6.45) is 3.38. The Morgan fingerprint density at radius 2 is 2.05 bits per heavy atom. The second-order valence-electron chi connectivity index (χ2n) is 4.83. The molecule has 1 unspecified atom stereocenters. The molecule has 0 saturated carbocycles. The third-order valence-corrected chi connectivity index (χ3v) is 3.79. The maximum atomic E-state index is 13.2. The SMILES string of the molecule is CCCNC(Cc1ccc(F)c(Cl)c1)c1ncccc1Cl. The summed E-state index contributed by atoms with van der Waals surface area (Å²) in [6.45, 7) is 2.95. The zero-order valence-electron chi connectivity index (χ0n) is 11.7. The average molecular weight is 327 g/mol. The van der Waals surface area contributed by atoms with Gasteiger partial charge in [0.05, 0.1) is 21.8 Å². The summed E-state index contributed by atoms with van der Waals surface area (Å²) in [5.74, 6) is -0.408. The Balaban J connectivity index is 2.24. The molecule has 1 heterocycles. The second kappa shape index (κ2) is 7.74. The molecule has 0 aliphatic carbocycles. The molecule has 1 aromatic heterocycles. The molecule has 21 heavy (non-hydrogen) atoms. The molecule has 1 aromatic carbocycles. The molecule has 0 amide bonds. The first kappa shape index (κ1) is 16.2. The van der Waals surface area contributed by atoms with Crippen LogP contribution < -0.4 is 5.32 Å². The Bertz CT molecular complexity index is 605. The van der Waals surface area contributed by atoms with Gasteiger partial charge in [0.25, 0.3) is 0 Å². The number of aromatic nitrogens is 1. The van der Waals surface area contributed by atoms with Gasteiger partial charge in [0, 0.05) is 6.20 Å². The van der Waals surface area contributed by atoms with Crippen LogP contribution in [0.15, 0.2) is 36.5 Å². The van der Waals surface area contributed by atoms with Crippen molar-refractivity contribution in [3.05, 3.63) is 63.6 Å². The van der Waals surface area contributed by atoms with Crippen LogP contribution in [-0.2, 0) is 6.42 Å². The van der Waals surface area contributed by atoms with E-state index in [1.165, 1.54) is 6.07 Å². The van der Waals surface area contributed by atoms with E-state index in [0.717, 1.165) is 24.2 Å². The van der Waals surface area contributed by atoms with Gasteiger partial charge in [-0.3, -0.25) is 4.98 Å². The van der Waals surface area contributed by atoms with E-state index in [1.807, 2.05) is 6.07 Å². The predicted octanol–water partition coefficient (Wildman–Crippen LogP) is 4.81. The summed E-state index contributed by atoms with van der Waals surface area (Å²) in [5, 5.41) is 4.18. The lowest BCUT2D eigenvalue weighted by molar-refractivity contribution is 0.517. The normalized spacial score (nSPS) is 12.4. The van der Waals surface area contributed by atoms with Gasteiger partial charge in [-0.1, -0.05) is 36.2 Å².